The van der Waals surface area contributed by atoms with Gasteiger partial charge in [0.15, 0.2) is 8.24 Å². The average molecular weight is 360 g/mol. The number of nitrogens with zero attached hydrogens (tertiary/aromatic N) is 1. The molecule has 0 bridgehead atoms. The zero-order valence-electron chi connectivity index (χ0n) is 15.9. The highest BCUT2D eigenvalue weighted by atomic mass is 28.3. The van der Waals surface area contributed by atoms with Gasteiger partial charge in [-0.3, -0.25) is 4.79 Å². The van der Waals surface area contributed by atoms with Crippen molar-refractivity contribution in [1.29, 1.82) is 0 Å². The maximum atomic E-state index is 12.1. The zero-order valence-corrected chi connectivity index (χ0v) is 16.9. The molecule has 1 saturated heterocycles. The molecule has 2 rings (SSSR count). The molecule has 25 heavy (non-hydrogen) atoms. The molecule has 5 heteroatoms. The van der Waals surface area contributed by atoms with Crippen molar-refractivity contribution >= 4 is 20.1 Å². The lowest BCUT2D eigenvalue weighted by Gasteiger charge is -2.55. The summed E-state index contributed by atoms with van der Waals surface area (Å²) in [5, 5.41) is 0.125. The summed E-state index contributed by atoms with van der Waals surface area (Å²) in [6.07, 6.45) is 4.61. The van der Waals surface area contributed by atoms with E-state index in [1.54, 1.807) is 0 Å². The van der Waals surface area contributed by atoms with Gasteiger partial charge >= 0.3 is 5.97 Å². The Hall–Kier alpha value is -1.88. The Labute approximate surface area is 152 Å². The molecule has 1 aromatic rings. The van der Waals surface area contributed by atoms with Crippen LogP contribution >= 0.6 is 0 Å². The number of hydrogen-bond acceptors (Lipinski definition) is 3. The Balaban J connectivity index is 1.85. The summed E-state index contributed by atoms with van der Waals surface area (Å²) < 4.78 is 7.34. The molecular formula is C20H29NO3Si. The van der Waals surface area contributed by atoms with Crippen molar-refractivity contribution in [2.75, 3.05) is 0 Å². The van der Waals surface area contributed by atoms with Crippen LogP contribution in [-0.4, -0.2) is 30.7 Å². The van der Waals surface area contributed by atoms with Crippen molar-refractivity contribution in [3.63, 3.8) is 0 Å². The van der Waals surface area contributed by atoms with Gasteiger partial charge < -0.3 is 9.30 Å². The Morgan fingerprint density at radius 2 is 1.92 bits per heavy atom. The minimum atomic E-state index is -1.85. The van der Waals surface area contributed by atoms with Crippen LogP contribution in [0.3, 0.4) is 0 Å². The first kappa shape index (κ1) is 19.4. The van der Waals surface area contributed by atoms with Gasteiger partial charge in [-0.2, -0.15) is 0 Å². The van der Waals surface area contributed by atoms with Gasteiger partial charge in [-0.05, 0) is 17.0 Å². The quantitative estimate of drug-likeness (QED) is 0.330. The summed E-state index contributed by atoms with van der Waals surface area (Å²) in [5.74, 6) is -0.0926. The fourth-order valence-electron chi connectivity index (χ4n) is 2.90. The fraction of sp³-hybridized carbons (Fsp3) is 0.500. The second kappa shape index (κ2) is 7.56. The van der Waals surface area contributed by atoms with Crippen LogP contribution in [0.15, 0.2) is 42.5 Å². The van der Waals surface area contributed by atoms with Gasteiger partial charge in [0.2, 0.25) is 5.91 Å². The fourth-order valence-corrected chi connectivity index (χ4v) is 5.45. The van der Waals surface area contributed by atoms with Crippen LogP contribution in [0, 0.1) is 0 Å². The van der Waals surface area contributed by atoms with E-state index in [1.165, 1.54) is 6.08 Å². The molecule has 0 aliphatic carbocycles. The Morgan fingerprint density at radius 1 is 1.28 bits per heavy atom. The van der Waals surface area contributed by atoms with Gasteiger partial charge in [0.1, 0.15) is 6.61 Å². The summed E-state index contributed by atoms with van der Waals surface area (Å²) >= 11 is 0. The monoisotopic (exact) mass is 359 g/mol. The highest BCUT2D eigenvalue weighted by Crippen LogP contribution is 2.43. The molecular weight excluding hydrogens is 330 g/mol. The number of hydrogen-bond donors (Lipinski definition) is 0. The first-order valence-corrected chi connectivity index (χ1v) is 11.8. The third kappa shape index (κ3) is 4.60. The molecule has 1 unspecified atom stereocenters. The van der Waals surface area contributed by atoms with E-state index in [4.69, 9.17) is 4.74 Å². The molecule has 1 fully saturated rings. The van der Waals surface area contributed by atoms with Crippen LogP contribution < -0.4 is 0 Å². The Bertz CT molecular complexity index is 647. The molecule has 0 saturated carbocycles. The minimum Gasteiger partial charge on any atom is -0.458 e. The van der Waals surface area contributed by atoms with Crippen molar-refractivity contribution in [3.05, 3.63) is 48.0 Å². The third-order valence-electron chi connectivity index (χ3n) is 5.37. The van der Waals surface area contributed by atoms with E-state index in [-0.39, 0.29) is 29.6 Å². The zero-order chi connectivity index (χ0) is 18.7. The molecule has 1 amide bonds. The predicted molar refractivity (Wildman–Crippen MR) is 102 cm³/mol. The van der Waals surface area contributed by atoms with E-state index >= 15 is 0 Å². The molecule has 1 aromatic carbocycles. The van der Waals surface area contributed by atoms with Crippen LogP contribution in [0.2, 0.25) is 18.1 Å². The van der Waals surface area contributed by atoms with E-state index < -0.39 is 8.24 Å². The molecule has 4 nitrogen and oxygen atoms in total. The number of amides is 1. The Kier molecular flexibility index (Phi) is 5.88. The third-order valence-corrected chi connectivity index (χ3v) is 10.9. The molecule has 1 aliphatic rings. The van der Waals surface area contributed by atoms with Gasteiger partial charge in [-0.15, -0.1) is 0 Å². The predicted octanol–water partition coefficient (Wildman–Crippen LogP) is 4.28. The molecule has 1 heterocycles. The van der Waals surface area contributed by atoms with Crippen LogP contribution in [0.25, 0.3) is 0 Å². The number of esters is 1. The molecule has 0 spiro atoms. The first-order valence-electron chi connectivity index (χ1n) is 8.82. The normalized spacial score (nSPS) is 18.4. The van der Waals surface area contributed by atoms with Crippen molar-refractivity contribution < 1.29 is 14.3 Å². The second-order valence-electron chi connectivity index (χ2n) is 8.16. The van der Waals surface area contributed by atoms with E-state index in [2.05, 4.69) is 38.4 Å². The molecule has 0 aromatic heterocycles. The van der Waals surface area contributed by atoms with Crippen LogP contribution in [0.5, 0.6) is 0 Å². The standard InChI is InChI=1S/C20H29NO3Si/c1-20(2,3)25(4,5)21-17(14-18(21)22)12-9-13-19(23)24-15-16-10-7-6-8-11-16/h6-11,13,17H,12,14-15H2,1-5H3. The number of carbonyl (C=O) groups is 2. The lowest BCUT2D eigenvalue weighted by atomic mass is 10.0. The summed E-state index contributed by atoms with van der Waals surface area (Å²) in [4.78, 5) is 24.0. The first-order chi connectivity index (χ1) is 11.6. The van der Waals surface area contributed by atoms with Crippen molar-refractivity contribution in [3.8, 4) is 0 Å². The van der Waals surface area contributed by atoms with E-state index in [1.807, 2.05) is 36.4 Å². The molecule has 1 aliphatic heterocycles. The maximum absolute atomic E-state index is 12.1. The smallest absolute Gasteiger partial charge is 0.330 e. The second-order valence-corrected chi connectivity index (χ2v) is 13.3. The van der Waals surface area contributed by atoms with E-state index in [0.717, 1.165) is 5.56 Å². The lowest BCUT2D eigenvalue weighted by molar-refractivity contribution is -0.139. The van der Waals surface area contributed by atoms with E-state index in [9.17, 15) is 9.59 Å². The van der Waals surface area contributed by atoms with Crippen molar-refractivity contribution in [1.82, 2.24) is 4.57 Å². The minimum absolute atomic E-state index is 0.125. The summed E-state index contributed by atoms with van der Waals surface area (Å²) in [6, 6.07) is 9.83. The van der Waals surface area contributed by atoms with Gasteiger partial charge in [0.25, 0.3) is 0 Å². The molecule has 0 radical (unpaired) electrons. The summed E-state index contributed by atoms with van der Waals surface area (Å²) in [5.41, 5.74) is 0.970. The SMILES string of the molecule is CC(C)(C)[Si](C)(C)N1C(=O)CC1CC=CC(=O)OCc1ccccc1. The Morgan fingerprint density at radius 3 is 2.48 bits per heavy atom. The van der Waals surface area contributed by atoms with Crippen LogP contribution in [-0.2, 0) is 20.9 Å². The average Bonchev–Trinajstić information content (AvgIpc) is 2.51. The van der Waals surface area contributed by atoms with Gasteiger partial charge in [-0.1, -0.05) is 70.3 Å². The van der Waals surface area contributed by atoms with Crippen molar-refractivity contribution in [2.24, 2.45) is 0 Å². The largest absolute Gasteiger partial charge is 0.458 e. The topological polar surface area (TPSA) is 46.6 Å². The van der Waals surface area contributed by atoms with Gasteiger partial charge in [0.05, 0.1) is 0 Å². The maximum Gasteiger partial charge on any atom is 0.330 e. The number of β-lactam (4-membered cyclic amide) rings is 1. The number of carbonyl (C=O) groups excluding carboxylic acids is 2. The summed E-state index contributed by atoms with van der Waals surface area (Å²) in [7, 11) is -1.85. The summed E-state index contributed by atoms with van der Waals surface area (Å²) in [6.45, 7) is 11.4. The number of ether oxygens (including phenoxy) is 1. The van der Waals surface area contributed by atoms with Gasteiger partial charge in [-0.25, -0.2) is 4.79 Å². The molecule has 1 atom stereocenters. The van der Waals surface area contributed by atoms with Crippen LogP contribution in [0.1, 0.15) is 39.2 Å². The highest BCUT2D eigenvalue weighted by Gasteiger charge is 2.51. The van der Waals surface area contributed by atoms with Crippen LogP contribution in [0.4, 0.5) is 0 Å². The molecule has 136 valence electrons. The van der Waals surface area contributed by atoms with Crippen molar-refractivity contribution in [2.45, 2.75) is 64.4 Å². The van der Waals surface area contributed by atoms with Gasteiger partial charge in [0, 0.05) is 18.5 Å². The lowest BCUT2D eigenvalue weighted by Crippen LogP contribution is -2.67. The highest BCUT2D eigenvalue weighted by molar-refractivity contribution is 6.79. The number of benzene rings is 1. The molecule has 0 N–H and O–H groups in total. The van der Waals surface area contributed by atoms with E-state index in [0.29, 0.717) is 12.8 Å². The number of rotatable bonds is 6.